The number of amides is 1. The van der Waals surface area contributed by atoms with Crippen LogP contribution in [0.1, 0.15) is 24.8 Å². The van der Waals surface area contributed by atoms with E-state index in [0.717, 1.165) is 31.6 Å². The summed E-state index contributed by atoms with van der Waals surface area (Å²) in [5.74, 6) is 0.441. The Hall–Kier alpha value is -2.04. The highest BCUT2D eigenvalue weighted by molar-refractivity contribution is 6.37. The van der Waals surface area contributed by atoms with Gasteiger partial charge in [0, 0.05) is 27.2 Å². The van der Waals surface area contributed by atoms with E-state index in [1.165, 1.54) is 12.0 Å². The third-order valence-corrected chi connectivity index (χ3v) is 3.60. The molecule has 1 fully saturated rings. The second kappa shape index (κ2) is 7.11. The Bertz CT molecular complexity index is 502. The third kappa shape index (κ3) is 4.21. The minimum atomic E-state index is -0.0588. The maximum Gasteiger partial charge on any atom is 0.290 e. The van der Waals surface area contributed by atoms with Crippen LogP contribution in [0.5, 0.6) is 0 Å². The fraction of sp³-hybridized carbons (Fsp3) is 0.500. The molecule has 5 heteroatoms. The van der Waals surface area contributed by atoms with Crippen molar-refractivity contribution in [1.29, 1.82) is 0 Å². The first-order chi connectivity index (χ1) is 10.1. The summed E-state index contributed by atoms with van der Waals surface area (Å²) in [5.41, 5.74) is 5.09. The highest BCUT2D eigenvalue weighted by Crippen LogP contribution is 2.12. The van der Waals surface area contributed by atoms with Gasteiger partial charge >= 0.3 is 0 Å². The molecule has 1 aromatic carbocycles. The molecule has 0 saturated carbocycles. The van der Waals surface area contributed by atoms with Gasteiger partial charge in [0.15, 0.2) is 0 Å². The van der Waals surface area contributed by atoms with Gasteiger partial charge < -0.3 is 9.80 Å². The number of likely N-dealkylation sites (tertiary alicyclic amines) is 1. The predicted molar refractivity (Wildman–Crippen MR) is 86.4 cm³/mol. The van der Waals surface area contributed by atoms with Crippen LogP contribution in [0.15, 0.2) is 29.4 Å². The van der Waals surface area contributed by atoms with E-state index in [9.17, 15) is 4.79 Å². The Kier molecular flexibility index (Phi) is 5.20. The lowest BCUT2D eigenvalue weighted by Gasteiger charge is -2.30. The lowest BCUT2D eigenvalue weighted by Crippen LogP contribution is -2.45. The van der Waals surface area contributed by atoms with Gasteiger partial charge in [-0.05, 0) is 38.3 Å². The number of likely N-dealkylation sites (N-methyl/N-ethyl adjacent to an activating group) is 1. The lowest BCUT2D eigenvalue weighted by molar-refractivity contribution is -0.122. The maximum atomic E-state index is 12.3. The molecule has 2 rings (SSSR count). The molecule has 114 valence electrons. The molecule has 1 saturated heterocycles. The van der Waals surface area contributed by atoms with Crippen LogP contribution in [0.2, 0.25) is 0 Å². The summed E-state index contributed by atoms with van der Waals surface area (Å²) in [7, 11) is 3.52. The quantitative estimate of drug-likeness (QED) is 0.516. The zero-order valence-electron chi connectivity index (χ0n) is 13.1. The topological polar surface area (TPSA) is 47.9 Å². The number of hydrogen-bond acceptors (Lipinski definition) is 3. The first-order valence-corrected chi connectivity index (χ1v) is 7.45. The number of hydrazone groups is 1. The molecular weight excluding hydrogens is 264 g/mol. The Morgan fingerprint density at radius 2 is 1.76 bits per heavy atom. The number of benzene rings is 1. The maximum absolute atomic E-state index is 12.3. The van der Waals surface area contributed by atoms with E-state index in [1.807, 2.05) is 31.2 Å². The molecule has 1 amide bonds. The number of aryl methyl sites for hydroxylation is 1. The lowest BCUT2D eigenvalue weighted by atomic mass is 10.1. The van der Waals surface area contributed by atoms with Gasteiger partial charge in [-0.15, -0.1) is 0 Å². The largest absolute Gasteiger partial charge is 0.351 e. The number of carbonyl (C=O) groups is 1. The highest BCUT2D eigenvalue weighted by Gasteiger charge is 2.23. The SMILES string of the molecule is Cc1ccc(N/N=C(\C(=O)N(C)C)N2CCCCC2)cc1. The number of nitrogens with zero attached hydrogens (tertiary/aromatic N) is 3. The van der Waals surface area contributed by atoms with Gasteiger partial charge in [-0.3, -0.25) is 10.2 Å². The summed E-state index contributed by atoms with van der Waals surface area (Å²) in [6.45, 7) is 3.84. The van der Waals surface area contributed by atoms with Crippen LogP contribution in [0.4, 0.5) is 5.69 Å². The van der Waals surface area contributed by atoms with Crippen molar-refractivity contribution in [3.05, 3.63) is 29.8 Å². The average Bonchev–Trinajstić information content (AvgIpc) is 2.50. The highest BCUT2D eigenvalue weighted by atomic mass is 16.2. The normalized spacial score (nSPS) is 15.8. The van der Waals surface area contributed by atoms with Crippen molar-refractivity contribution < 1.29 is 4.79 Å². The number of hydrogen-bond donors (Lipinski definition) is 1. The summed E-state index contributed by atoms with van der Waals surface area (Å²) >= 11 is 0. The van der Waals surface area contributed by atoms with Gasteiger partial charge in [-0.1, -0.05) is 17.7 Å². The molecule has 1 heterocycles. The second-order valence-corrected chi connectivity index (χ2v) is 5.66. The molecular formula is C16H24N4O. The minimum absolute atomic E-state index is 0.0588. The molecule has 1 aliphatic rings. The molecule has 21 heavy (non-hydrogen) atoms. The van der Waals surface area contributed by atoms with Crippen LogP contribution in [-0.4, -0.2) is 48.7 Å². The zero-order chi connectivity index (χ0) is 15.2. The number of nitrogens with one attached hydrogen (secondary N) is 1. The fourth-order valence-electron chi connectivity index (χ4n) is 2.31. The van der Waals surface area contributed by atoms with Crippen LogP contribution >= 0.6 is 0 Å². The van der Waals surface area contributed by atoms with Crippen LogP contribution in [0.3, 0.4) is 0 Å². The van der Waals surface area contributed by atoms with E-state index in [1.54, 1.807) is 19.0 Å². The molecule has 0 aliphatic carbocycles. The van der Waals surface area contributed by atoms with Crippen molar-refractivity contribution in [3.63, 3.8) is 0 Å². The summed E-state index contributed by atoms with van der Waals surface area (Å²) in [5, 5.41) is 4.37. The van der Waals surface area contributed by atoms with E-state index in [4.69, 9.17) is 0 Å². The number of piperidine rings is 1. The molecule has 0 spiro atoms. The van der Waals surface area contributed by atoms with Gasteiger partial charge in [-0.2, -0.15) is 5.10 Å². The van der Waals surface area contributed by atoms with Gasteiger partial charge in [0.1, 0.15) is 0 Å². The molecule has 0 radical (unpaired) electrons. The molecule has 0 atom stereocenters. The van der Waals surface area contributed by atoms with Gasteiger partial charge in [0.2, 0.25) is 5.84 Å². The third-order valence-electron chi connectivity index (χ3n) is 3.60. The van der Waals surface area contributed by atoms with Crippen molar-refractivity contribution in [2.24, 2.45) is 5.10 Å². The molecule has 0 unspecified atom stereocenters. The van der Waals surface area contributed by atoms with Crippen LogP contribution in [0, 0.1) is 6.92 Å². The Morgan fingerprint density at radius 1 is 1.14 bits per heavy atom. The zero-order valence-corrected chi connectivity index (χ0v) is 13.1. The van der Waals surface area contributed by atoms with E-state index in [2.05, 4.69) is 15.4 Å². The van der Waals surface area contributed by atoms with Crippen LogP contribution < -0.4 is 5.43 Å². The number of anilines is 1. The van der Waals surface area contributed by atoms with Crippen molar-refractivity contribution >= 4 is 17.4 Å². The van der Waals surface area contributed by atoms with Gasteiger partial charge in [0.05, 0.1) is 5.69 Å². The van der Waals surface area contributed by atoms with Crippen molar-refractivity contribution in [2.75, 3.05) is 32.6 Å². The number of amidine groups is 1. The summed E-state index contributed by atoms with van der Waals surface area (Å²) < 4.78 is 0. The average molecular weight is 288 g/mol. The monoisotopic (exact) mass is 288 g/mol. The van der Waals surface area contributed by atoms with Crippen molar-refractivity contribution in [3.8, 4) is 0 Å². The van der Waals surface area contributed by atoms with E-state index in [0.29, 0.717) is 5.84 Å². The van der Waals surface area contributed by atoms with Crippen LogP contribution in [-0.2, 0) is 4.79 Å². The Morgan fingerprint density at radius 3 is 2.33 bits per heavy atom. The standard InChI is InChI=1S/C16H24N4O/c1-13-7-9-14(10-8-13)17-18-15(16(21)19(2)3)20-11-5-4-6-12-20/h7-10,17H,4-6,11-12H2,1-3H3/b18-15+. The molecule has 1 aliphatic heterocycles. The molecule has 1 aromatic rings. The summed E-state index contributed by atoms with van der Waals surface area (Å²) in [4.78, 5) is 16.0. The second-order valence-electron chi connectivity index (χ2n) is 5.66. The number of carbonyl (C=O) groups excluding carboxylic acids is 1. The van der Waals surface area contributed by atoms with E-state index in [-0.39, 0.29) is 5.91 Å². The summed E-state index contributed by atoms with van der Waals surface area (Å²) in [6.07, 6.45) is 3.46. The Labute approximate surface area is 126 Å². The predicted octanol–water partition coefficient (Wildman–Crippen LogP) is 2.29. The van der Waals surface area contributed by atoms with Crippen LogP contribution in [0.25, 0.3) is 0 Å². The van der Waals surface area contributed by atoms with Crippen molar-refractivity contribution in [2.45, 2.75) is 26.2 Å². The molecule has 0 bridgehead atoms. The number of rotatable bonds is 2. The van der Waals surface area contributed by atoms with E-state index >= 15 is 0 Å². The smallest absolute Gasteiger partial charge is 0.290 e. The van der Waals surface area contributed by atoms with E-state index < -0.39 is 0 Å². The first kappa shape index (κ1) is 15.4. The minimum Gasteiger partial charge on any atom is -0.351 e. The summed E-state index contributed by atoms with van der Waals surface area (Å²) in [6, 6.07) is 7.97. The first-order valence-electron chi connectivity index (χ1n) is 7.45. The molecule has 5 nitrogen and oxygen atoms in total. The molecule has 1 N–H and O–H groups in total. The molecule has 0 aromatic heterocycles. The fourth-order valence-corrected chi connectivity index (χ4v) is 2.31. The van der Waals surface area contributed by atoms with Crippen molar-refractivity contribution in [1.82, 2.24) is 9.80 Å². The van der Waals surface area contributed by atoms with Gasteiger partial charge in [-0.25, -0.2) is 0 Å². The van der Waals surface area contributed by atoms with Gasteiger partial charge in [0.25, 0.3) is 5.91 Å². The Balaban J connectivity index is 2.15.